The van der Waals surface area contributed by atoms with Crippen LogP contribution in [0, 0.1) is 12.7 Å². The van der Waals surface area contributed by atoms with Gasteiger partial charge in [0.15, 0.2) is 17.2 Å². The molecular weight excluding hydrogens is 589 g/mol. The fourth-order valence-electron chi connectivity index (χ4n) is 6.05. The molecule has 2 atom stereocenters. The second kappa shape index (κ2) is 12.5. The van der Waals surface area contributed by atoms with E-state index in [0.29, 0.717) is 67.2 Å². The van der Waals surface area contributed by atoms with Gasteiger partial charge in [-0.25, -0.2) is 4.39 Å². The largest absolute Gasteiger partial charge is 0.462 e. The molecule has 232 valence electrons. The summed E-state index contributed by atoms with van der Waals surface area (Å²) in [6.07, 6.45) is 4.05. The molecular formula is C31H35ClFN7O4. The SMILES string of the molecule is Cc1ccc2onc(N)c2c1-c1c(Cl)cc2c(N3C[C@@H](C)N(C=CC=O)C[C@@H]3C)nc(OCCN3CCOCC3)nc2c1F. The van der Waals surface area contributed by atoms with Crippen LogP contribution in [0.1, 0.15) is 19.4 Å². The summed E-state index contributed by atoms with van der Waals surface area (Å²) in [5.74, 6) is 0.0641. The summed E-state index contributed by atoms with van der Waals surface area (Å²) >= 11 is 6.90. The molecule has 6 rings (SSSR count). The Morgan fingerprint density at radius 2 is 1.95 bits per heavy atom. The lowest BCUT2D eigenvalue weighted by molar-refractivity contribution is -0.104. The third kappa shape index (κ3) is 5.64. The summed E-state index contributed by atoms with van der Waals surface area (Å²) in [5, 5.41) is 5.03. The number of nitrogens with two attached hydrogens (primary N) is 1. The molecule has 4 aromatic rings. The van der Waals surface area contributed by atoms with Gasteiger partial charge in [-0.05, 0) is 44.5 Å². The van der Waals surface area contributed by atoms with Gasteiger partial charge in [-0.1, -0.05) is 22.8 Å². The van der Waals surface area contributed by atoms with Gasteiger partial charge < -0.3 is 29.5 Å². The van der Waals surface area contributed by atoms with Gasteiger partial charge in [-0.3, -0.25) is 9.69 Å². The second-order valence-electron chi connectivity index (χ2n) is 11.3. The van der Waals surface area contributed by atoms with Crippen LogP contribution in [0.5, 0.6) is 6.01 Å². The number of hydrogen-bond donors (Lipinski definition) is 1. The molecule has 2 aliphatic rings. The van der Waals surface area contributed by atoms with Gasteiger partial charge in [-0.15, -0.1) is 0 Å². The van der Waals surface area contributed by atoms with Gasteiger partial charge in [0, 0.05) is 67.5 Å². The van der Waals surface area contributed by atoms with Crippen LogP contribution in [-0.2, 0) is 9.53 Å². The number of aldehydes is 1. The first kappa shape index (κ1) is 30.0. The number of nitrogens with zero attached hydrogens (tertiary/aromatic N) is 6. The van der Waals surface area contributed by atoms with Crippen LogP contribution in [0.4, 0.5) is 16.0 Å². The van der Waals surface area contributed by atoms with Crippen LogP contribution in [-0.4, -0.2) is 95.8 Å². The van der Waals surface area contributed by atoms with E-state index in [0.717, 1.165) is 24.9 Å². The zero-order valence-electron chi connectivity index (χ0n) is 24.9. The van der Waals surface area contributed by atoms with E-state index in [-0.39, 0.29) is 40.0 Å². The summed E-state index contributed by atoms with van der Waals surface area (Å²) in [6, 6.07) is 5.37. The Morgan fingerprint density at radius 1 is 1.16 bits per heavy atom. The van der Waals surface area contributed by atoms with Crippen molar-refractivity contribution in [3.05, 3.63) is 46.9 Å². The van der Waals surface area contributed by atoms with Gasteiger partial charge >= 0.3 is 6.01 Å². The minimum Gasteiger partial charge on any atom is -0.462 e. The number of nitrogen functional groups attached to an aromatic ring is 1. The summed E-state index contributed by atoms with van der Waals surface area (Å²) < 4.78 is 33.8. The number of ether oxygens (including phenoxy) is 2. The number of carbonyl (C=O) groups is 1. The molecule has 44 heavy (non-hydrogen) atoms. The summed E-state index contributed by atoms with van der Waals surface area (Å²) in [7, 11) is 0. The van der Waals surface area contributed by atoms with Crippen molar-refractivity contribution < 1.29 is 23.2 Å². The number of halogens is 2. The van der Waals surface area contributed by atoms with Crippen LogP contribution in [0.3, 0.4) is 0 Å². The number of aryl methyl sites for hydroxylation is 1. The fourth-order valence-corrected chi connectivity index (χ4v) is 6.34. The van der Waals surface area contributed by atoms with Crippen molar-refractivity contribution in [2.24, 2.45) is 0 Å². The predicted molar refractivity (Wildman–Crippen MR) is 168 cm³/mol. The average Bonchev–Trinajstić information content (AvgIpc) is 3.39. The molecule has 0 aliphatic carbocycles. The second-order valence-corrected chi connectivity index (χ2v) is 11.7. The van der Waals surface area contributed by atoms with Crippen molar-refractivity contribution in [1.29, 1.82) is 0 Å². The minimum atomic E-state index is -0.612. The zero-order valence-corrected chi connectivity index (χ0v) is 25.7. The molecule has 2 N–H and O–H groups in total. The number of aromatic nitrogens is 3. The number of hydrogen-bond acceptors (Lipinski definition) is 11. The highest BCUT2D eigenvalue weighted by Crippen LogP contribution is 2.44. The van der Waals surface area contributed by atoms with Gasteiger partial charge in [-0.2, -0.15) is 9.97 Å². The van der Waals surface area contributed by atoms with E-state index in [2.05, 4.69) is 38.7 Å². The number of morpholine rings is 1. The lowest BCUT2D eigenvalue weighted by Gasteiger charge is -2.44. The Morgan fingerprint density at radius 3 is 2.73 bits per heavy atom. The maximum absolute atomic E-state index is 16.9. The topological polar surface area (TPSA) is 123 Å². The van der Waals surface area contributed by atoms with E-state index in [1.54, 1.807) is 18.3 Å². The molecule has 0 radical (unpaired) electrons. The lowest BCUT2D eigenvalue weighted by atomic mass is 9.95. The molecule has 2 aliphatic heterocycles. The van der Waals surface area contributed by atoms with Gasteiger partial charge in [0.25, 0.3) is 0 Å². The van der Waals surface area contributed by atoms with E-state index in [4.69, 9.17) is 36.3 Å². The number of allylic oxidation sites excluding steroid dienone is 1. The highest BCUT2D eigenvalue weighted by molar-refractivity contribution is 6.35. The number of piperazine rings is 1. The summed E-state index contributed by atoms with van der Waals surface area (Å²) in [5.41, 5.74) is 8.10. The molecule has 2 aromatic heterocycles. The number of rotatable bonds is 8. The maximum Gasteiger partial charge on any atom is 0.319 e. The highest BCUT2D eigenvalue weighted by Gasteiger charge is 2.32. The van der Waals surface area contributed by atoms with Crippen molar-refractivity contribution >= 4 is 51.4 Å². The predicted octanol–water partition coefficient (Wildman–Crippen LogP) is 4.44. The molecule has 0 amide bonds. The first-order chi connectivity index (χ1) is 21.3. The molecule has 0 unspecified atom stereocenters. The number of benzene rings is 2. The number of fused-ring (bicyclic) bond motifs is 2. The van der Waals surface area contributed by atoms with Crippen LogP contribution in [0.25, 0.3) is 33.0 Å². The van der Waals surface area contributed by atoms with Crippen molar-refractivity contribution in [3.8, 4) is 17.1 Å². The molecule has 0 saturated carbocycles. The Labute approximate surface area is 259 Å². The quantitative estimate of drug-likeness (QED) is 0.221. The lowest BCUT2D eigenvalue weighted by Crippen LogP contribution is -2.55. The monoisotopic (exact) mass is 623 g/mol. The third-order valence-corrected chi connectivity index (χ3v) is 8.67. The van der Waals surface area contributed by atoms with Gasteiger partial charge in [0.05, 0.1) is 23.6 Å². The molecule has 13 heteroatoms. The first-order valence-electron chi connectivity index (χ1n) is 14.7. The molecule has 0 spiro atoms. The van der Waals surface area contributed by atoms with Gasteiger partial charge in [0.2, 0.25) is 0 Å². The fraction of sp³-hybridized carbons (Fsp3) is 0.419. The van der Waals surface area contributed by atoms with Crippen LogP contribution in [0.2, 0.25) is 5.02 Å². The highest BCUT2D eigenvalue weighted by atomic mass is 35.5. The van der Waals surface area contributed by atoms with E-state index in [1.165, 1.54) is 6.08 Å². The Kier molecular flexibility index (Phi) is 8.57. The van der Waals surface area contributed by atoms with Crippen LogP contribution in [0.15, 0.2) is 35.0 Å². The minimum absolute atomic E-state index is 0.0314. The van der Waals surface area contributed by atoms with Crippen molar-refractivity contribution in [1.82, 2.24) is 24.9 Å². The Balaban J connectivity index is 1.46. The van der Waals surface area contributed by atoms with Crippen molar-refractivity contribution in [2.45, 2.75) is 32.9 Å². The summed E-state index contributed by atoms with van der Waals surface area (Å²) in [6.45, 7) is 11.2. The van der Waals surface area contributed by atoms with Crippen molar-refractivity contribution in [2.75, 3.05) is 63.2 Å². The molecule has 2 saturated heterocycles. The zero-order chi connectivity index (χ0) is 31.0. The van der Waals surface area contributed by atoms with Crippen molar-refractivity contribution in [3.63, 3.8) is 0 Å². The van der Waals surface area contributed by atoms with Crippen LogP contribution >= 0.6 is 11.6 Å². The van der Waals surface area contributed by atoms with Crippen LogP contribution < -0.4 is 15.4 Å². The molecule has 11 nitrogen and oxygen atoms in total. The maximum atomic E-state index is 16.9. The Hall–Kier alpha value is -4.00. The molecule has 2 fully saturated rings. The summed E-state index contributed by atoms with van der Waals surface area (Å²) in [4.78, 5) is 26.8. The smallest absolute Gasteiger partial charge is 0.319 e. The third-order valence-electron chi connectivity index (χ3n) is 8.37. The standard InChI is InChI=1S/C31H35ClFN7O4/c1-18-5-6-23-26(29(34)37-44-23)24(18)25-22(32)15-21-28(27(25)33)35-31(43-14-10-38-8-12-42-13-9-38)36-30(21)40-17-19(2)39(7-4-11-41)16-20(40)3/h4-7,11,15,19-20H,8-10,12-14,16-17H2,1-3H3,(H2,34,37)/t19-,20+/m1/s1. The van der Waals surface area contributed by atoms with E-state index in [1.807, 2.05) is 13.0 Å². The Bertz CT molecular complexity index is 1720. The van der Waals surface area contributed by atoms with E-state index < -0.39 is 5.82 Å². The number of carbonyl (C=O) groups excluding carboxylic acids is 1. The van der Waals surface area contributed by atoms with E-state index in [9.17, 15) is 4.79 Å². The first-order valence-corrected chi connectivity index (χ1v) is 15.1. The van der Waals surface area contributed by atoms with Gasteiger partial charge in [0.1, 0.15) is 24.2 Å². The van der Waals surface area contributed by atoms with E-state index >= 15 is 4.39 Å². The number of anilines is 2. The molecule has 4 heterocycles. The molecule has 0 bridgehead atoms. The average molecular weight is 624 g/mol. The molecule has 2 aromatic carbocycles. The normalized spacial score (nSPS) is 19.8.